The van der Waals surface area contributed by atoms with Gasteiger partial charge in [0.25, 0.3) is 0 Å². The molecule has 2 N–H and O–H groups in total. The summed E-state index contributed by atoms with van der Waals surface area (Å²) in [5, 5.41) is 1.65. The SMILES string of the molecule is CCCOc1nc(SCc2ccc(Cl)cc2)ccc1N. The van der Waals surface area contributed by atoms with Crippen molar-refractivity contribution in [3.8, 4) is 5.88 Å². The van der Waals surface area contributed by atoms with E-state index in [2.05, 4.69) is 11.9 Å². The van der Waals surface area contributed by atoms with Crippen LogP contribution in [-0.2, 0) is 5.75 Å². The second kappa shape index (κ2) is 7.41. The Bertz CT molecular complexity index is 560. The first-order chi connectivity index (χ1) is 9.69. The Morgan fingerprint density at radius 1 is 1.20 bits per heavy atom. The van der Waals surface area contributed by atoms with Gasteiger partial charge in [-0.1, -0.05) is 30.7 Å². The van der Waals surface area contributed by atoms with Crippen molar-refractivity contribution in [2.24, 2.45) is 0 Å². The van der Waals surface area contributed by atoms with Crippen molar-refractivity contribution in [2.75, 3.05) is 12.3 Å². The van der Waals surface area contributed by atoms with E-state index in [-0.39, 0.29) is 0 Å². The largest absolute Gasteiger partial charge is 0.476 e. The molecule has 2 aromatic rings. The molecule has 3 nitrogen and oxygen atoms in total. The summed E-state index contributed by atoms with van der Waals surface area (Å²) in [6, 6.07) is 11.6. The van der Waals surface area contributed by atoms with Crippen molar-refractivity contribution in [1.29, 1.82) is 0 Å². The van der Waals surface area contributed by atoms with Crippen LogP contribution in [0.3, 0.4) is 0 Å². The molecule has 1 aromatic heterocycles. The Labute approximate surface area is 128 Å². The number of ether oxygens (including phenoxy) is 1. The van der Waals surface area contributed by atoms with E-state index in [1.807, 2.05) is 36.4 Å². The Morgan fingerprint density at radius 3 is 2.65 bits per heavy atom. The number of hydrogen-bond donors (Lipinski definition) is 1. The van der Waals surface area contributed by atoms with Gasteiger partial charge in [0.2, 0.25) is 5.88 Å². The first-order valence-corrected chi connectivity index (χ1v) is 7.82. The molecular formula is C15H17ClN2OS. The fraction of sp³-hybridized carbons (Fsp3) is 0.267. The van der Waals surface area contributed by atoms with Gasteiger partial charge in [-0.25, -0.2) is 4.98 Å². The molecule has 0 unspecified atom stereocenters. The number of benzene rings is 1. The van der Waals surface area contributed by atoms with Gasteiger partial charge in [-0.05, 0) is 36.2 Å². The van der Waals surface area contributed by atoms with Crippen LogP contribution in [-0.4, -0.2) is 11.6 Å². The number of nitrogens with zero attached hydrogens (tertiary/aromatic N) is 1. The average Bonchev–Trinajstić information content (AvgIpc) is 2.46. The third kappa shape index (κ3) is 4.32. The maximum atomic E-state index is 5.87. The molecule has 0 aliphatic carbocycles. The summed E-state index contributed by atoms with van der Waals surface area (Å²) in [6.07, 6.45) is 0.934. The van der Waals surface area contributed by atoms with Crippen LogP contribution in [0.4, 0.5) is 5.69 Å². The summed E-state index contributed by atoms with van der Waals surface area (Å²) in [5.41, 5.74) is 7.62. The third-order valence-electron chi connectivity index (χ3n) is 2.61. The summed E-state index contributed by atoms with van der Waals surface area (Å²) in [5.74, 6) is 1.36. The molecule has 0 radical (unpaired) electrons. The first-order valence-electron chi connectivity index (χ1n) is 6.45. The highest BCUT2D eigenvalue weighted by Gasteiger charge is 2.05. The molecular weight excluding hydrogens is 292 g/mol. The van der Waals surface area contributed by atoms with Crippen molar-refractivity contribution in [2.45, 2.75) is 24.1 Å². The number of aromatic nitrogens is 1. The molecule has 20 heavy (non-hydrogen) atoms. The molecule has 106 valence electrons. The Hall–Kier alpha value is -1.39. The number of anilines is 1. The van der Waals surface area contributed by atoms with Crippen LogP contribution >= 0.6 is 23.4 Å². The zero-order valence-electron chi connectivity index (χ0n) is 11.3. The van der Waals surface area contributed by atoms with Crippen LogP contribution in [0.5, 0.6) is 5.88 Å². The van der Waals surface area contributed by atoms with E-state index in [4.69, 9.17) is 22.1 Å². The monoisotopic (exact) mass is 308 g/mol. The van der Waals surface area contributed by atoms with Gasteiger partial charge in [0.15, 0.2) is 0 Å². The second-order valence-corrected chi connectivity index (χ2v) is 5.74. The molecule has 1 heterocycles. The average molecular weight is 309 g/mol. The zero-order chi connectivity index (χ0) is 14.4. The van der Waals surface area contributed by atoms with E-state index in [0.717, 1.165) is 22.2 Å². The molecule has 0 amide bonds. The normalized spacial score (nSPS) is 10.5. The summed E-state index contributed by atoms with van der Waals surface area (Å²) >= 11 is 7.51. The quantitative estimate of drug-likeness (QED) is 0.804. The van der Waals surface area contributed by atoms with Crippen LogP contribution in [0.1, 0.15) is 18.9 Å². The highest BCUT2D eigenvalue weighted by atomic mass is 35.5. The lowest BCUT2D eigenvalue weighted by Crippen LogP contribution is -2.01. The summed E-state index contributed by atoms with van der Waals surface area (Å²) in [7, 11) is 0. The highest BCUT2D eigenvalue weighted by Crippen LogP contribution is 2.27. The molecule has 0 spiro atoms. The number of pyridine rings is 1. The highest BCUT2D eigenvalue weighted by molar-refractivity contribution is 7.98. The van der Waals surface area contributed by atoms with E-state index >= 15 is 0 Å². The van der Waals surface area contributed by atoms with Gasteiger partial charge in [-0.15, -0.1) is 11.8 Å². The number of thioether (sulfide) groups is 1. The smallest absolute Gasteiger partial charge is 0.238 e. The summed E-state index contributed by atoms with van der Waals surface area (Å²) in [6.45, 7) is 2.68. The van der Waals surface area contributed by atoms with E-state index in [1.54, 1.807) is 11.8 Å². The lowest BCUT2D eigenvalue weighted by atomic mass is 10.2. The van der Waals surface area contributed by atoms with Gasteiger partial charge in [-0.2, -0.15) is 0 Å². The number of rotatable bonds is 6. The predicted molar refractivity (Wildman–Crippen MR) is 85.4 cm³/mol. The lowest BCUT2D eigenvalue weighted by Gasteiger charge is -2.08. The zero-order valence-corrected chi connectivity index (χ0v) is 12.9. The number of halogens is 1. The van der Waals surface area contributed by atoms with Crippen molar-refractivity contribution >= 4 is 29.1 Å². The molecule has 1 aromatic carbocycles. The van der Waals surface area contributed by atoms with Crippen molar-refractivity contribution in [3.63, 3.8) is 0 Å². The van der Waals surface area contributed by atoms with Gasteiger partial charge in [0.05, 0.1) is 12.3 Å². The number of nitrogens with two attached hydrogens (primary N) is 1. The minimum absolute atomic E-state index is 0.521. The van der Waals surface area contributed by atoms with E-state index in [0.29, 0.717) is 18.2 Å². The second-order valence-electron chi connectivity index (χ2n) is 4.31. The minimum Gasteiger partial charge on any atom is -0.476 e. The summed E-state index contributed by atoms with van der Waals surface area (Å²) < 4.78 is 5.53. The van der Waals surface area contributed by atoms with Gasteiger partial charge in [-0.3, -0.25) is 0 Å². The number of hydrogen-bond acceptors (Lipinski definition) is 4. The van der Waals surface area contributed by atoms with Gasteiger partial charge in [0.1, 0.15) is 5.03 Å². The lowest BCUT2D eigenvalue weighted by molar-refractivity contribution is 0.305. The first kappa shape index (κ1) is 15.0. The molecule has 0 saturated carbocycles. The van der Waals surface area contributed by atoms with Crippen LogP contribution in [0.25, 0.3) is 0 Å². The van der Waals surface area contributed by atoms with Crippen LogP contribution < -0.4 is 10.5 Å². The van der Waals surface area contributed by atoms with Gasteiger partial charge in [0, 0.05) is 10.8 Å². The summed E-state index contributed by atoms with van der Waals surface area (Å²) in [4.78, 5) is 4.43. The minimum atomic E-state index is 0.521. The van der Waals surface area contributed by atoms with Gasteiger partial charge < -0.3 is 10.5 Å². The van der Waals surface area contributed by atoms with Crippen LogP contribution in [0.2, 0.25) is 5.02 Å². The molecule has 5 heteroatoms. The molecule has 0 aliphatic heterocycles. The fourth-order valence-electron chi connectivity index (χ4n) is 1.57. The molecule has 2 rings (SSSR count). The van der Waals surface area contributed by atoms with E-state index < -0.39 is 0 Å². The van der Waals surface area contributed by atoms with E-state index in [1.165, 1.54) is 5.56 Å². The Morgan fingerprint density at radius 2 is 1.95 bits per heavy atom. The van der Waals surface area contributed by atoms with Crippen molar-refractivity contribution in [3.05, 3.63) is 47.0 Å². The predicted octanol–water partition coefficient (Wildman–Crippen LogP) is 4.40. The Kier molecular flexibility index (Phi) is 5.56. The maximum absolute atomic E-state index is 5.87. The van der Waals surface area contributed by atoms with Gasteiger partial charge >= 0.3 is 0 Å². The Balaban J connectivity index is 2.00. The third-order valence-corrected chi connectivity index (χ3v) is 3.86. The van der Waals surface area contributed by atoms with Crippen molar-refractivity contribution in [1.82, 2.24) is 4.98 Å². The fourth-order valence-corrected chi connectivity index (χ4v) is 2.51. The van der Waals surface area contributed by atoms with Crippen molar-refractivity contribution < 1.29 is 4.74 Å². The molecule has 0 saturated heterocycles. The maximum Gasteiger partial charge on any atom is 0.238 e. The molecule has 0 atom stereocenters. The standard InChI is InChI=1S/C15H17ClN2OS/c1-2-9-19-15-13(17)7-8-14(18-15)20-10-11-3-5-12(16)6-4-11/h3-8H,2,9-10,17H2,1H3. The molecule has 0 bridgehead atoms. The number of nitrogen functional groups attached to an aromatic ring is 1. The van der Waals surface area contributed by atoms with Crippen LogP contribution in [0, 0.1) is 0 Å². The topological polar surface area (TPSA) is 48.1 Å². The van der Waals surface area contributed by atoms with E-state index in [9.17, 15) is 0 Å². The molecule has 0 fully saturated rings. The molecule has 0 aliphatic rings. The van der Waals surface area contributed by atoms with Crippen LogP contribution in [0.15, 0.2) is 41.4 Å².